The van der Waals surface area contributed by atoms with Gasteiger partial charge in [0.15, 0.2) is 0 Å². The molecule has 2 fully saturated rings. The highest BCUT2D eigenvalue weighted by Gasteiger charge is 2.28. The SMILES string of the molecule is Cc1cc(C(=O)N2CCN(C3CCNC3)CC2)c2ccccc2n1. The van der Waals surface area contributed by atoms with Gasteiger partial charge in [-0.05, 0) is 32.0 Å². The Bertz CT molecular complexity index is 746. The Balaban J connectivity index is 1.52. The third-order valence-corrected chi connectivity index (χ3v) is 5.23. The fraction of sp³-hybridized carbons (Fsp3) is 0.474. The molecule has 1 amide bonds. The van der Waals surface area contributed by atoms with Gasteiger partial charge in [-0.2, -0.15) is 0 Å². The Morgan fingerprint density at radius 3 is 2.75 bits per heavy atom. The molecular formula is C19H24N4O. The van der Waals surface area contributed by atoms with E-state index in [1.54, 1.807) is 0 Å². The van der Waals surface area contributed by atoms with E-state index in [-0.39, 0.29) is 5.91 Å². The summed E-state index contributed by atoms with van der Waals surface area (Å²) in [6, 6.07) is 10.5. The maximum atomic E-state index is 13.1. The van der Waals surface area contributed by atoms with Crippen LogP contribution in [0.4, 0.5) is 0 Å². The fourth-order valence-corrected chi connectivity index (χ4v) is 3.90. The second-order valence-corrected chi connectivity index (χ2v) is 6.80. The number of para-hydroxylation sites is 1. The zero-order chi connectivity index (χ0) is 16.5. The lowest BCUT2D eigenvalue weighted by molar-refractivity contribution is 0.0585. The minimum atomic E-state index is 0.140. The van der Waals surface area contributed by atoms with Gasteiger partial charge in [0.2, 0.25) is 0 Å². The third-order valence-electron chi connectivity index (χ3n) is 5.23. The predicted octanol–water partition coefficient (Wildman–Crippen LogP) is 1.66. The van der Waals surface area contributed by atoms with Crippen molar-refractivity contribution in [2.24, 2.45) is 0 Å². The van der Waals surface area contributed by atoms with Crippen molar-refractivity contribution in [3.63, 3.8) is 0 Å². The van der Waals surface area contributed by atoms with Gasteiger partial charge in [0.1, 0.15) is 0 Å². The van der Waals surface area contributed by atoms with E-state index in [1.807, 2.05) is 42.2 Å². The smallest absolute Gasteiger partial charge is 0.254 e. The van der Waals surface area contributed by atoms with Gasteiger partial charge in [0.05, 0.1) is 11.1 Å². The van der Waals surface area contributed by atoms with Gasteiger partial charge in [-0.1, -0.05) is 18.2 Å². The van der Waals surface area contributed by atoms with Gasteiger partial charge in [-0.25, -0.2) is 0 Å². The number of carbonyl (C=O) groups excluding carboxylic acids is 1. The molecule has 2 aromatic rings. The number of rotatable bonds is 2. The van der Waals surface area contributed by atoms with E-state index in [1.165, 1.54) is 6.42 Å². The topological polar surface area (TPSA) is 48.5 Å². The van der Waals surface area contributed by atoms with Crippen molar-refractivity contribution in [3.05, 3.63) is 41.6 Å². The molecule has 2 aliphatic heterocycles. The third kappa shape index (κ3) is 2.89. The highest BCUT2D eigenvalue weighted by atomic mass is 16.2. The van der Waals surface area contributed by atoms with Crippen LogP contribution in [0.1, 0.15) is 22.5 Å². The number of aromatic nitrogens is 1. The number of nitrogens with one attached hydrogen (secondary N) is 1. The zero-order valence-electron chi connectivity index (χ0n) is 14.2. The van der Waals surface area contributed by atoms with Gasteiger partial charge in [0.25, 0.3) is 5.91 Å². The largest absolute Gasteiger partial charge is 0.336 e. The first-order valence-electron chi connectivity index (χ1n) is 8.83. The first-order chi connectivity index (χ1) is 11.7. The average Bonchev–Trinajstić information content (AvgIpc) is 3.15. The van der Waals surface area contributed by atoms with Crippen molar-refractivity contribution < 1.29 is 4.79 Å². The highest BCUT2D eigenvalue weighted by molar-refractivity contribution is 6.06. The van der Waals surface area contributed by atoms with E-state index in [4.69, 9.17) is 0 Å². The number of aryl methyl sites for hydroxylation is 1. The molecule has 4 rings (SSSR count). The second kappa shape index (κ2) is 6.49. The molecule has 5 heteroatoms. The Labute approximate surface area is 142 Å². The number of hydrogen-bond acceptors (Lipinski definition) is 4. The molecule has 1 aromatic carbocycles. The Morgan fingerprint density at radius 2 is 2.00 bits per heavy atom. The van der Waals surface area contributed by atoms with Crippen molar-refractivity contribution in [1.82, 2.24) is 20.1 Å². The molecule has 0 bridgehead atoms. The lowest BCUT2D eigenvalue weighted by Gasteiger charge is -2.38. The molecule has 126 valence electrons. The molecule has 24 heavy (non-hydrogen) atoms. The average molecular weight is 324 g/mol. The molecule has 0 spiro atoms. The number of fused-ring (bicyclic) bond motifs is 1. The number of hydrogen-bond donors (Lipinski definition) is 1. The van der Waals surface area contributed by atoms with Gasteiger partial charge in [-0.3, -0.25) is 14.7 Å². The molecule has 1 N–H and O–H groups in total. The first kappa shape index (κ1) is 15.5. The Kier molecular flexibility index (Phi) is 4.21. The number of carbonyl (C=O) groups is 1. The summed E-state index contributed by atoms with van der Waals surface area (Å²) in [6.45, 7) is 7.72. The molecule has 0 aliphatic carbocycles. The minimum absolute atomic E-state index is 0.140. The monoisotopic (exact) mass is 324 g/mol. The standard InChI is InChI=1S/C19H24N4O/c1-14-12-17(16-4-2-3-5-18(16)21-14)19(24)23-10-8-22(9-11-23)15-6-7-20-13-15/h2-5,12,15,20H,6-11,13H2,1H3. The number of nitrogens with zero attached hydrogens (tertiary/aromatic N) is 3. The summed E-state index contributed by atoms with van der Waals surface area (Å²) in [7, 11) is 0. The van der Waals surface area contributed by atoms with Gasteiger partial charge in [0, 0.05) is 49.8 Å². The molecular weight excluding hydrogens is 300 g/mol. The van der Waals surface area contributed by atoms with E-state index in [0.717, 1.165) is 61.4 Å². The molecule has 1 aromatic heterocycles. The molecule has 1 atom stereocenters. The van der Waals surface area contributed by atoms with E-state index >= 15 is 0 Å². The maximum absolute atomic E-state index is 13.1. The van der Waals surface area contributed by atoms with Crippen molar-refractivity contribution in [3.8, 4) is 0 Å². The second-order valence-electron chi connectivity index (χ2n) is 6.80. The van der Waals surface area contributed by atoms with Crippen molar-refractivity contribution in [2.45, 2.75) is 19.4 Å². The number of pyridine rings is 1. The molecule has 2 aliphatic rings. The Morgan fingerprint density at radius 1 is 1.21 bits per heavy atom. The van der Waals surface area contributed by atoms with Crippen LogP contribution in [0.5, 0.6) is 0 Å². The van der Waals surface area contributed by atoms with Crippen molar-refractivity contribution >= 4 is 16.8 Å². The first-order valence-corrected chi connectivity index (χ1v) is 8.83. The van der Waals surface area contributed by atoms with Crippen LogP contribution in [0.15, 0.2) is 30.3 Å². The van der Waals surface area contributed by atoms with Crippen LogP contribution < -0.4 is 5.32 Å². The van der Waals surface area contributed by atoms with Crippen LogP contribution in [-0.2, 0) is 0 Å². The highest BCUT2D eigenvalue weighted by Crippen LogP contribution is 2.21. The van der Waals surface area contributed by atoms with Crippen LogP contribution in [0.3, 0.4) is 0 Å². The van der Waals surface area contributed by atoms with Gasteiger partial charge in [-0.15, -0.1) is 0 Å². The van der Waals surface area contributed by atoms with E-state index in [0.29, 0.717) is 6.04 Å². The number of amides is 1. The van der Waals surface area contributed by atoms with E-state index in [2.05, 4.69) is 15.2 Å². The maximum Gasteiger partial charge on any atom is 0.254 e. The fourth-order valence-electron chi connectivity index (χ4n) is 3.90. The van der Waals surface area contributed by atoms with Crippen molar-refractivity contribution in [2.75, 3.05) is 39.3 Å². The van der Waals surface area contributed by atoms with Crippen LogP contribution in [-0.4, -0.2) is 66.0 Å². The summed E-state index contributed by atoms with van der Waals surface area (Å²) < 4.78 is 0. The predicted molar refractivity (Wildman–Crippen MR) is 95.2 cm³/mol. The summed E-state index contributed by atoms with van der Waals surface area (Å²) in [5.41, 5.74) is 2.58. The molecule has 5 nitrogen and oxygen atoms in total. The van der Waals surface area contributed by atoms with E-state index in [9.17, 15) is 4.79 Å². The summed E-state index contributed by atoms with van der Waals surface area (Å²) in [6.07, 6.45) is 1.22. The number of piperazine rings is 1. The van der Waals surface area contributed by atoms with Crippen LogP contribution >= 0.6 is 0 Å². The lowest BCUT2D eigenvalue weighted by Crippen LogP contribution is -2.52. The summed E-state index contributed by atoms with van der Waals surface area (Å²) >= 11 is 0. The summed E-state index contributed by atoms with van der Waals surface area (Å²) in [5, 5.41) is 4.38. The minimum Gasteiger partial charge on any atom is -0.336 e. The molecule has 3 heterocycles. The summed E-state index contributed by atoms with van der Waals surface area (Å²) in [5.74, 6) is 0.140. The van der Waals surface area contributed by atoms with Gasteiger partial charge >= 0.3 is 0 Å². The summed E-state index contributed by atoms with van der Waals surface area (Å²) in [4.78, 5) is 22.1. The molecule has 2 saturated heterocycles. The van der Waals surface area contributed by atoms with Gasteiger partial charge < -0.3 is 10.2 Å². The van der Waals surface area contributed by atoms with Crippen LogP contribution in [0.25, 0.3) is 10.9 Å². The lowest BCUT2D eigenvalue weighted by atomic mass is 10.1. The quantitative estimate of drug-likeness (QED) is 0.913. The molecule has 0 saturated carbocycles. The van der Waals surface area contributed by atoms with Crippen LogP contribution in [0, 0.1) is 6.92 Å². The van der Waals surface area contributed by atoms with E-state index < -0.39 is 0 Å². The molecule has 0 radical (unpaired) electrons. The Hall–Kier alpha value is -1.98. The van der Waals surface area contributed by atoms with Crippen LogP contribution in [0.2, 0.25) is 0 Å². The molecule has 1 unspecified atom stereocenters. The zero-order valence-corrected chi connectivity index (χ0v) is 14.2. The normalized spacial score (nSPS) is 22.2. The number of benzene rings is 1. The van der Waals surface area contributed by atoms with Crippen molar-refractivity contribution in [1.29, 1.82) is 0 Å².